The third kappa shape index (κ3) is 3.06. The fraction of sp³-hybridized carbons (Fsp3) is 0.188. The Morgan fingerprint density at radius 1 is 1.32 bits per heavy atom. The van der Waals surface area contributed by atoms with Crippen LogP contribution in [0.1, 0.15) is 29.0 Å². The average Bonchev–Trinajstić information content (AvgIpc) is 3.22. The zero-order valence-electron chi connectivity index (χ0n) is 12.2. The summed E-state index contributed by atoms with van der Waals surface area (Å²) in [6, 6.07) is 11.4. The summed E-state index contributed by atoms with van der Waals surface area (Å²) >= 11 is 0. The van der Waals surface area contributed by atoms with Crippen molar-refractivity contribution in [1.29, 1.82) is 0 Å². The number of amides is 1. The van der Waals surface area contributed by atoms with Gasteiger partial charge in [0.05, 0.1) is 12.7 Å². The maximum absolute atomic E-state index is 12.0. The van der Waals surface area contributed by atoms with E-state index in [1.165, 1.54) is 0 Å². The molecular weight excluding hydrogens is 280 g/mol. The van der Waals surface area contributed by atoms with Crippen LogP contribution in [0.5, 0.6) is 0 Å². The number of nitrogens with zero attached hydrogens (tertiary/aromatic N) is 2. The molecule has 3 rings (SSSR count). The van der Waals surface area contributed by atoms with E-state index in [-0.39, 0.29) is 12.5 Å². The van der Waals surface area contributed by atoms with Gasteiger partial charge in [0.2, 0.25) is 5.89 Å². The molecule has 0 bridgehead atoms. The van der Waals surface area contributed by atoms with Crippen LogP contribution in [-0.2, 0) is 13.0 Å². The van der Waals surface area contributed by atoms with Crippen LogP contribution in [0.4, 0.5) is 0 Å². The molecule has 1 amide bonds. The molecule has 112 valence electrons. The van der Waals surface area contributed by atoms with Crippen LogP contribution >= 0.6 is 0 Å². The molecule has 0 saturated heterocycles. The van der Waals surface area contributed by atoms with Crippen LogP contribution in [-0.4, -0.2) is 21.1 Å². The van der Waals surface area contributed by atoms with Crippen LogP contribution in [0.25, 0.3) is 11.3 Å². The molecule has 0 atom stereocenters. The second-order valence-corrected chi connectivity index (χ2v) is 4.80. The van der Waals surface area contributed by atoms with Crippen molar-refractivity contribution in [3.05, 3.63) is 59.9 Å². The van der Waals surface area contributed by atoms with Gasteiger partial charge in [0, 0.05) is 11.3 Å². The van der Waals surface area contributed by atoms with Crippen LogP contribution in [0, 0.1) is 0 Å². The van der Waals surface area contributed by atoms with Crippen molar-refractivity contribution in [2.45, 2.75) is 19.9 Å². The summed E-state index contributed by atoms with van der Waals surface area (Å²) in [6.07, 6.45) is 2.46. The van der Waals surface area contributed by atoms with E-state index in [4.69, 9.17) is 4.42 Å². The molecule has 6 heteroatoms. The molecule has 3 aromatic rings. The molecule has 0 aliphatic rings. The number of nitrogens with one attached hydrogen (secondary N) is 2. The Kier molecular flexibility index (Phi) is 4.00. The van der Waals surface area contributed by atoms with Crippen molar-refractivity contribution in [3.8, 4) is 11.3 Å². The monoisotopic (exact) mass is 296 g/mol. The highest BCUT2D eigenvalue weighted by Crippen LogP contribution is 2.19. The minimum atomic E-state index is -0.254. The van der Waals surface area contributed by atoms with Crippen molar-refractivity contribution in [1.82, 2.24) is 20.5 Å². The number of hydrogen-bond acceptors (Lipinski definition) is 4. The lowest BCUT2D eigenvalue weighted by Gasteiger charge is -1.99. The Labute approximate surface area is 127 Å². The van der Waals surface area contributed by atoms with E-state index in [9.17, 15) is 4.79 Å². The molecule has 2 aromatic heterocycles. The molecule has 0 radical (unpaired) electrons. The van der Waals surface area contributed by atoms with Gasteiger partial charge in [-0.1, -0.05) is 37.3 Å². The van der Waals surface area contributed by atoms with Gasteiger partial charge in [-0.05, 0) is 12.5 Å². The van der Waals surface area contributed by atoms with Gasteiger partial charge in [0.25, 0.3) is 5.91 Å². The fourth-order valence-electron chi connectivity index (χ4n) is 2.03. The Hall–Kier alpha value is -2.89. The number of oxazole rings is 1. The van der Waals surface area contributed by atoms with Crippen LogP contribution in [0.15, 0.2) is 47.0 Å². The number of aryl methyl sites for hydroxylation is 1. The van der Waals surface area contributed by atoms with Crippen molar-refractivity contribution in [2.75, 3.05) is 0 Å². The topological polar surface area (TPSA) is 83.8 Å². The normalized spacial score (nSPS) is 10.6. The molecule has 2 N–H and O–H groups in total. The van der Waals surface area contributed by atoms with Gasteiger partial charge in [-0.3, -0.25) is 9.89 Å². The summed E-state index contributed by atoms with van der Waals surface area (Å²) in [4.78, 5) is 16.1. The second kappa shape index (κ2) is 6.26. The van der Waals surface area contributed by atoms with E-state index in [1.807, 2.05) is 37.3 Å². The highest BCUT2D eigenvalue weighted by Gasteiger charge is 2.11. The minimum Gasteiger partial charge on any atom is -0.439 e. The zero-order valence-corrected chi connectivity index (χ0v) is 12.2. The van der Waals surface area contributed by atoms with E-state index < -0.39 is 0 Å². The van der Waals surface area contributed by atoms with Crippen molar-refractivity contribution < 1.29 is 9.21 Å². The third-order valence-electron chi connectivity index (χ3n) is 3.26. The lowest BCUT2D eigenvalue weighted by Crippen LogP contribution is -2.23. The quantitative estimate of drug-likeness (QED) is 0.758. The first-order chi connectivity index (χ1) is 10.8. The zero-order chi connectivity index (χ0) is 15.4. The van der Waals surface area contributed by atoms with Gasteiger partial charge in [-0.15, -0.1) is 0 Å². The number of benzene rings is 1. The first-order valence-electron chi connectivity index (χ1n) is 7.09. The highest BCUT2D eigenvalue weighted by molar-refractivity contribution is 5.92. The molecule has 0 aliphatic carbocycles. The van der Waals surface area contributed by atoms with Gasteiger partial charge in [0.1, 0.15) is 5.69 Å². The summed E-state index contributed by atoms with van der Waals surface area (Å²) in [5, 5.41) is 9.51. The fourth-order valence-corrected chi connectivity index (χ4v) is 2.03. The standard InChI is InChI=1S/C16H16N4O2/c1-2-12-8-13(20-19-12)16(21)18-10-15-17-9-14(22-15)11-6-4-3-5-7-11/h3-9H,2,10H2,1H3,(H,18,21)(H,19,20). The summed E-state index contributed by atoms with van der Waals surface area (Å²) in [6.45, 7) is 2.22. The maximum atomic E-state index is 12.0. The summed E-state index contributed by atoms with van der Waals surface area (Å²) in [7, 11) is 0. The van der Waals surface area contributed by atoms with Gasteiger partial charge in [0.15, 0.2) is 5.76 Å². The molecule has 6 nitrogen and oxygen atoms in total. The number of hydrogen-bond donors (Lipinski definition) is 2. The molecule has 1 aromatic carbocycles. The van der Waals surface area contributed by atoms with E-state index >= 15 is 0 Å². The summed E-state index contributed by atoms with van der Waals surface area (Å²) in [5.41, 5.74) is 2.24. The van der Waals surface area contributed by atoms with Crippen LogP contribution < -0.4 is 5.32 Å². The van der Waals surface area contributed by atoms with Gasteiger partial charge in [-0.25, -0.2) is 4.98 Å². The predicted octanol–water partition coefficient (Wildman–Crippen LogP) is 2.56. The van der Waals surface area contributed by atoms with Crippen molar-refractivity contribution in [2.24, 2.45) is 0 Å². The van der Waals surface area contributed by atoms with Gasteiger partial charge < -0.3 is 9.73 Å². The first kappa shape index (κ1) is 14.1. The number of aromatic nitrogens is 3. The molecule has 0 spiro atoms. The largest absolute Gasteiger partial charge is 0.439 e. The Bertz CT molecular complexity index is 761. The van der Waals surface area contributed by atoms with E-state index in [1.54, 1.807) is 12.3 Å². The molecule has 0 aliphatic heterocycles. The number of rotatable bonds is 5. The predicted molar refractivity (Wildman–Crippen MR) is 81.1 cm³/mol. The van der Waals surface area contributed by atoms with Crippen molar-refractivity contribution >= 4 is 5.91 Å². The number of H-pyrrole nitrogens is 1. The number of carbonyl (C=O) groups is 1. The molecule has 0 unspecified atom stereocenters. The lowest BCUT2D eigenvalue weighted by molar-refractivity contribution is 0.0942. The smallest absolute Gasteiger partial charge is 0.272 e. The van der Waals surface area contributed by atoms with E-state index in [2.05, 4.69) is 20.5 Å². The number of carbonyl (C=O) groups excluding carboxylic acids is 1. The molecular formula is C16H16N4O2. The summed E-state index contributed by atoms with van der Waals surface area (Å²) in [5.74, 6) is 0.881. The Morgan fingerprint density at radius 3 is 2.86 bits per heavy atom. The summed E-state index contributed by atoms with van der Waals surface area (Å²) < 4.78 is 5.63. The van der Waals surface area contributed by atoms with E-state index in [0.717, 1.165) is 17.7 Å². The maximum Gasteiger partial charge on any atom is 0.272 e. The molecule has 0 saturated carbocycles. The molecule has 22 heavy (non-hydrogen) atoms. The Balaban J connectivity index is 1.62. The van der Waals surface area contributed by atoms with Gasteiger partial charge in [-0.2, -0.15) is 5.10 Å². The SMILES string of the molecule is CCc1cc(C(=O)NCc2ncc(-c3ccccc3)o2)n[nH]1. The minimum absolute atomic E-state index is 0.222. The third-order valence-corrected chi connectivity index (χ3v) is 3.26. The molecule has 2 heterocycles. The highest BCUT2D eigenvalue weighted by atomic mass is 16.4. The lowest BCUT2D eigenvalue weighted by atomic mass is 10.2. The van der Waals surface area contributed by atoms with Crippen molar-refractivity contribution in [3.63, 3.8) is 0 Å². The Morgan fingerprint density at radius 2 is 2.14 bits per heavy atom. The first-order valence-corrected chi connectivity index (χ1v) is 7.09. The van der Waals surface area contributed by atoms with Crippen LogP contribution in [0.3, 0.4) is 0 Å². The van der Waals surface area contributed by atoms with Crippen LogP contribution in [0.2, 0.25) is 0 Å². The molecule has 0 fully saturated rings. The van der Waals surface area contributed by atoms with Gasteiger partial charge >= 0.3 is 0 Å². The average molecular weight is 296 g/mol. The number of aromatic amines is 1. The van der Waals surface area contributed by atoms with E-state index in [0.29, 0.717) is 17.3 Å². The second-order valence-electron chi connectivity index (χ2n) is 4.80.